The van der Waals surface area contributed by atoms with Gasteiger partial charge in [-0.1, -0.05) is 18.2 Å². The number of nitrogens with zero attached hydrogens (tertiary/aromatic N) is 3. The number of pyridine rings is 1. The standard InChI is InChI=1S/C20H17N3O3S/c1-13-5-4-8-17-21-14(11-19(24)23(13)17)12-26-20(25)10-9-18-22-15-6-2-3-7-16(15)27-18/h2-8,11H,9-10,12H2,1H3. The third-order valence-corrected chi connectivity index (χ3v) is 5.29. The number of hydrogen-bond acceptors (Lipinski definition) is 6. The Labute approximate surface area is 159 Å². The predicted octanol–water partition coefficient (Wildman–Crippen LogP) is 3.29. The van der Waals surface area contributed by atoms with Crippen LogP contribution in [0.15, 0.2) is 53.3 Å². The molecule has 7 heteroatoms. The van der Waals surface area contributed by atoms with E-state index in [1.165, 1.54) is 10.5 Å². The molecule has 1 aromatic carbocycles. The fourth-order valence-corrected chi connectivity index (χ4v) is 3.87. The van der Waals surface area contributed by atoms with Crippen molar-refractivity contribution in [2.45, 2.75) is 26.4 Å². The van der Waals surface area contributed by atoms with E-state index in [-0.39, 0.29) is 24.6 Å². The molecule has 0 bridgehead atoms. The number of esters is 1. The van der Waals surface area contributed by atoms with Gasteiger partial charge in [0, 0.05) is 18.2 Å². The van der Waals surface area contributed by atoms with Crippen molar-refractivity contribution in [2.75, 3.05) is 0 Å². The summed E-state index contributed by atoms with van der Waals surface area (Å²) in [4.78, 5) is 33.2. The number of fused-ring (bicyclic) bond motifs is 2. The van der Waals surface area contributed by atoms with Gasteiger partial charge in [0.2, 0.25) is 0 Å². The fourth-order valence-electron chi connectivity index (χ4n) is 2.90. The molecule has 4 aromatic rings. The van der Waals surface area contributed by atoms with Crippen molar-refractivity contribution in [3.8, 4) is 0 Å². The van der Waals surface area contributed by atoms with E-state index in [1.807, 2.05) is 43.3 Å². The van der Waals surface area contributed by atoms with Crippen LogP contribution in [-0.2, 0) is 22.6 Å². The molecule has 4 rings (SSSR count). The van der Waals surface area contributed by atoms with Crippen molar-refractivity contribution in [3.05, 3.63) is 75.3 Å². The third kappa shape index (κ3) is 3.73. The van der Waals surface area contributed by atoms with Crippen LogP contribution in [-0.4, -0.2) is 20.3 Å². The molecular weight excluding hydrogens is 362 g/mol. The van der Waals surface area contributed by atoms with Gasteiger partial charge >= 0.3 is 5.97 Å². The summed E-state index contributed by atoms with van der Waals surface area (Å²) in [5.74, 6) is -0.333. The molecule has 0 amide bonds. The lowest BCUT2D eigenvalue weighted by molar-refractivity contribution is -0.145. The molecule has 0 spiro atoms. The first-order valence-corrected chi connectivity index (χ1v) is 9.40. The molecule has 0 saturated carbocycles. The van der Waals surface area contributed by atoms with Crippen molar-refractivity contribution in [1.29, 1.82) is 0 Å². The number of carbonyl (C=O) groups excluding carboxylic acids is 1. The Kier molecular flexibility index (Phi) is 4.68. The van der Waals surface area contributed by atoms with Crippen molar-refractivity contribution in [1.82, 2.24) is 14.4 Å². The number of rotatable bonds is 5. The van der Waals surface area contributed by atoms with Gasteiger partial charge in [-0.25, -0.2) is 9.97 Å². The number of aryl methyl sites for hydroxylation is 2. The summed E-state index contributed by atoms with van der Waals surface area (Å²) >= 11 is 1.58. The zero-order valence-corrected chi connectivity index (χ0v) is 15.5. The summed E-state index contributed by atoms with van der Waals surface area (Å²) in [5.41, 5.74) is 2.56. The van der Waals surface area contributed by atoms with Gasteiger partial charge in [0.1, 0.15) is 12.3 Å². The number of hydrogen-bond donors (Lipinski definition) is 0. The largest absolute Gasteiger partial charge is 0.459 e. The zero-order chi connectivity index (χ0) is 18.8. The molecule has 136 valence electrons. The molecule has 0 aliphatic heterocycles. The number of para-hydroxylation sites is 1. The van der Waals surface area contributed by atoms with Gasteiger partial charge in [-0.05, 0) is 31.2 Å². The average Bonchev–Trinajstić information content (AvgIpc) is 3.07. The molecule has 27 heavy (non-hydrogen) atoms. The lowest BCUT2D eigenvalue weighted by Gasteiger charge is -2.07. The molecule has 3 heterocycles. The van der Waals surface area contributed by atoms with E-state index >= 15 is 0 Å². The lowest BCUT2D eigenvalue weighted by atomic mass is 10.3. The lowest BCUT2D eigenvalue weighted by Crippen LogP contribution is -2.18. The van der Waals surface area contributed by atoms with Crippen LogP contribution in [0.25, 0.3) is 15.9 Å². The maximum absolute atomic E-state index is 12.2. The van der Waals surface area contributed by atoms with E-state index in [0.29, 0.717) is 17.8 Å². The van der Waals surface area contributed by atoms with Gasteiger partial charge < -0.3 is 4.74 Å². The zero-order valence-electron chi connectivity index (χ0n) is 14.7. The van der Waals surface area contributed by atoms with Crippen molar-refractivity contribution < 1.29 is 9.53 Å². The van der Waals surface area contributed by atoms with Gasteiger partial charge in [-0.3, -0.25) is 14.0 Å². The Morgan fingerprint density at radius 2 is 2.00 bits per heavy atom. The minimum absolute atomic E-state index is 0.0155. The smallest absolute Gasteiger partial charge is 0.306 e. The van der Waals surface area contributed by atoms with E-state index in [2.05, 4.69) is 9.97 Å². The highest BCUT2D eigenvalue weighted by molar-refractivity contribution is 7.18. The monoisotopic (exact) mass is 379 g/mol. The number of benzene rings is 1. The van der Waals surface area contributed by atoms with Crippen molar-refractivity contribution in [2.24, 2.45) is 0 Å². The second-order valence-electron chi connectivity index (χ2n) is 6.18. The highest BCUT2D eigenvalue weighted by Crippen LogP contribution is 2.22. The quantitative estimate of drug-likeness (QED) is 0.498. The maximum Gasteiger partial charge on any atom is 0.306 e. The molecule has 0 aliphatic carbocycles. The molecule has 0 fully saturated rings. The SMILES string of the molecule is Cc1cccc2nc(COC(=O)CCc3nc4ccccc4s3)cc(=O)n12. The molecule has 0 unspecified atom stereocenters. The van der Waals surface area contributed by atoms with Gasteiger partial charge in [0.05, 0.1) is 27.3 Å². The molecule has 0 radical (unpaired) electrons. The maximum atomic E-state index is 12.2. The van der Waals surface area contributed by atoms with Crippen LogP contribution in [0.2, 0.25) is 0 Å². The number of carbonyl (C=O) groups is 1. The van der Waals surface area contributed by atoms with Gasteiger partial charge in [0.25, 0.3) is 5.56 Å². The van der Waals surface area contributed by atoms with E-state index in [0.717, 1.165) is 20.9 Å². The molecule has 0 N–H and O–H groups in total. The van der Waals surface area contributed by atoms with Crippen molar-refractivity contribution in [3.63, 3.8) is 0 Å². The second-order valence-corrected chi connectivity index (χ2v) is 7.30. The Balaban J connectivity index is 1.39. The van der Waals surface area contributed by atoms with E-state index < -0.39 is 0 Å². The third-order valence-electron chi connectivity index (χ3n) is 4.20. The van der Waals surface area contributed by atoms with Gasteiger partial charge in [-0.15, -0.1) is 11.3 Å². The van der Waals surface area contributed by atoms with Crippen LogP contribution in [0.4, 0.5) is 0 Å². The molecule has 0 atom stereocenters. The van der Waals surface area contributed by atoms with Gasteiger partial charge in [-0.2, -0.15) is 0 Å². The minimum atomic E-state index is -0.333. The van der Waals surface area contributed by atoms with Crippen LogP contribution < -0.4 is 5.56 Å². The first-order chi connectivity index (χ1) is 13.1. The highest BCUT2D eigenvalue weighted by Gasteiger charge is 2.10. The number of thiazole rings is 1. The first-order valence-electron chi connectivity index (χ1n) is 8.58. The summed E-state index contributed by atoms with van der Waals surface area (Å²) in [6.07, 6.45) is 0.774. The molecule has 0 saturated heterocycles. The van der Waals surface area contributed by atoms with Crippen LogP contribution in [0.3, 0.4) is 0 Å². The fraction of sp³-hybridized carbons (Fsp3) is 0.200. The molecule has 0 aliphatic rings. The van der Waals surface area contributed by atoms with E-state index in [1.54, 1.807) is 17.4 Å². The summed E-state index contributed by atoms with van der Waals surface area (Å²) in [6.45, 7) is 1.83. The minimum Gasteiger partial charge on any atom is -0.459 e. The number of aromatic nitrogens is 3. The van der Waals surface area contributed by atoms with E-state index in [4.69, 9.17) is 4.74 Å². The Bertz CT molecular complexity index is 1160. The van der Waals surface area contributed by atoms with Crippen LogP contribution in [0.1, 0.15) is 22.8 Å². The summed E-state index contributed by atoms with van der Waals surface area (Å²) in [5, 5.41) is 0.908. The van der Waals surface area contributed by atoms with Crippen LogP contribution in [0, 0.1) is 6.92 Å². The van der Waals surface area contributed by atoms with E-state index in [9.17, 15) is 9.59 Å². The van der Waals surface area contributed by atoms with Gasteiger partial charge in [0.15, 0.2) is 0 Å². The Morgan fingerprint density at radius 1 is 1.15 bits per heavy atom. The Morgan fingerprint density at radius 3 is 2.85 bits per heavy atom. The number of ether oxygens (including phenoxy) is 1. The second kappa shape index (κ2) is 7.28. The Hall–Kier alpha value is -3.06. The summed E-state index contributed by atoms with van der Waals surface area (Å²) in [6, 6.07) is 14.7. The van der Waals surface area contributed by atoms with Crippen LogP contribution >= 0.6 is 11.3 Å². The topological polar surface area (TPSA) is 73.6 Å². The first kappa shape index (κ1) is 17.4. The predicted molar refractivity (Wildman–Crippen MR) is 104 cm³/mol. The average molecular weight is 379 g/mol. The molecule has 6 nitrogen and oxygen atoms in total. The summed E-state index contributed by atoms with van der Waals surface area (Å²) < 4.78 is 7.92. The summed E-state index contributed by atoms with van der Waals surface area (Å²) in [7, 11) is 0. The van der Waals surface area contributed by atoms with Crippen molar-refractivity contribution >= 4 is 33.2 Å². The molecular formula is C20H17N3O3S. The normalized spacial score (nSPS) is 11.1. The molecule has 3 aromatic heterocycles. The highest BCUT2D eigenvalue weighted by atomic mass is 32.1. The van der Waals surface area contributed by atoms with Crippen LogP contribution in [0.5, 0.6) is 0 Å².